The molecule has 0 spiro atoms. The van der Waals surface area contributed by atoms with Crippen LogP contribution in [0.3, 0.4) is 0 Å². The molecule has 3 N–H and O–H groups in total. The number of hydrogen-bond donors (Lipinski definition) is 2. The Bertz CT molecular complexity index is 739. The van der Waals surface area contributed by atoms with Crippen LogP contribution in [0, 0.1) is 0 Å². The zero-order valence-electron chi connectivity index (χ0n) is 10.6. The number of nitrogens with one attached hydrogen (secondary N) is 1. The summed E-state index contributed by atoms with van der Waals surface area (Å²) in [4.78, 5) is 8.28. The molecule has 0 saturated heterocycles. The van der Waals surface area contributed by atoms with Gasteiger partial charge in [0.05, 0.1) is 11.1 Å². The molecular formula is C15H13ClN4. The third-order valence-corrected chi connectivity index (χ3v) is 3.61. The molecular weight excluding hydrogens is 272 g/mol. The second-order valence-electron chi connectivity index (χ2n) is 4.45. The van der Waals surface area contributed by atoms with Crippen LogP contribution >= 0.6 is 11.6 Å². The summed E-state index contributed by atoms with van der Waals surface area (Å²) in [5, 5.41) is 2.73. The molecule has 0 bridgehead atoms. The quantitative estimate of drug-likeness (QED) is 0.573. The highest BCUT2D eigenvalue weighted by Crippen LogP contribution is 2.30. The highest BCUT2D eigenvalue weighted by molar-refractivity contribution is 6.31. The third kappa shape index (κ3) is 2.25. The third-order valence-electron chi connectivity index (χ3n) is 3.29. The van der Waals surface area contributed by atoms with Crippen LogP contribution in [0.15, 0.2) is 55.1 Å². The Morgan fingerprint density at radius 2 is 1.85 bits per heavy atom. The number of hydrogen-bond acceptors (Lipinski definition) is 4. The van der Waals surface area contributed by atoms with Gasteiger partial charge in [-0.3, -0.25) is 15.8 Å². The Kier molecular flexibility index (Phi) is 3.60. The topological polar surface area (TPSA) is 63.8 Å². The molecule has 0 aliphatic heterocycles. The van der Waals surface area contributed by atoms with Gasteiger partial charge in [-0.25, -0.2) is 5.43 Å². The van der Waals surface area contributed by atoms with E-state index in [-0.39, 0.29) is 6.04 Å². The summed E-state index contributed by atoms with van der Waals surface area (Å²) in [6.45, 7) is 0. The highest BCUT2D eigenvalue weighted by Gasteiger charge is 2.18. The van der Waals surface area contributed by atoms with Crippen LogP contribution in [0.1, 0.15) is 17.2 Å². The molecule has 3 aromatic rings. The predicted molar refractivity (Wildman–Crippen MR) is 80.2 cm³/mol. The molecule has 3 rings (SSSR count). The van der Waals surface area contributed by atoms with Crippen LogP contribution in [-0.2, 0) is 0 Å². The van der Waals surface area contributed by atoms with Gasteiger partial charge in [0.25, 0.3) is 0 Å². The van der Waals surface area contributed by atoms with Gasteiger partial charge in [0.1, 0.15) is 0 Å². The summed E-state index contributed by atoms with van der Waals surface area (Å²) in [5.41, 5.74) is 4.68. The van der Waals surface area contributed by atoms with Crippen molar-refractivity contribution in [3.63, 3.8) is 0 Å². The number of pyridine rings is 2. The van der Waals surface area contributed by atoms with Gasteiger partial charge >= 0.3 is 0 Å². The second-order valence-corrected chi connectivity index (χ2v) is 4.85. The summed E-state index contributed by atoms with van der Waals surface area (Å²) >= 11 is 6.22. The molecule has 0 aliphatic rings. The van der Waals surface area contributed by atoms with Crippen molar-refractivity contribution in [2.24, 2.45) is 5.84 Å². The molecule has 5 heteroatoms. The van der Waals surface area contributed by atoms with Crippen molar-refractivity contribution in [2.75, 3.05) is 0 Å². The van der Waals surface area contributed by atoms with Crippen molar-refractivity contribution >= 4 is 22.4 Å². The normalized spacial score (nSPS) is 12.5. The monoisotopic (exact) mass is 284 g/mol. The average molecular weight is 285 g/mol. The molecule has 0 aliphatic carbocycles. The molecule has 4 nitrogen and oxygen atoms in total. The van der Waals surface area contributed by atoms with Crippen molar-refractivity contribution < 1.29 is 0 Å². The second kappa shape index (κ2) is 5.54. The van der Waals surface area contributed by atoms with Gasteiger partial charge < -0.3 is 0 Å². The molecule has 20 heavy (non-hydrogen) atoms. The van der Waals surface area contributed by atoms with E-state index in [1.807, 2.05) is 42.7 Å². The Morgan fingerprint density at radius 1 is 1.00 bits per heavy atom. The van der Waals surface area contributed by atoms with Crippen LogP contribution in [0.2, 0.25) is 5.02 Å². The number of aromatic nitrogens is 2. The van der Waals surface area contributed by atoms with Crippen molar-refractivity contribution in [1.29, 1.82) is 0 Å². The molecule has 1 aromatic carbocycles. The van der Waals surface area contributed by atoms with E-state index in [0.717, 1.165) is 21.9 Å². The SMILES string of the molecule is NNC(c1ccncc1Cl)c1cncc2ccccc12. The van der Waals surface area contributed by atoms with E-state index in [9.17, 15) is 0 Å². The maximum atomic E-state index is 6.22. The Hall–Kier alpha value is -2.01. The van der Waals surface area contributed by atoms with E-state index < -0.39 is 0 Å². The summed E-state index contributed by atoms with van der Waals surface area (Å²) in [7, 11) is 0. The number of nitrogens with two attached hydrogens (primary N) is 1. The Balaban J connectivity index is 2.20. The van der Waals surface area contributed by atoms with Crippen LogP contribution < -0.4 is 11.3 Å². The van der Waals surface area contributed by atoms with Crippen molar-refractivity contribution in [1.82, 2.24) is 15.4 Å². The van der Waals surface area contributed by atoms with E-state index in [1.54, 1.807) is 12.4 Å². The Labute approximate surface area is 121 Å². The van der Waals surface area contributed by atoms with Crippen LogP contribution in [0.25, 0.3) is 10.8 Å². The molecule has 1 atom stereocenters. The smallest absolute Gasteiger partial charge is 0.0746 e. The van der Waals surface area contributed by atoms with Crippen LogP contribution in [0.4, 0.5) is 0 Å². The maximum Gasteiger partial charge on any atom is 0.0746 e. The summed E-state index contributed by atoms with van der Waals surface area (Å²) in [6, 6.07) is 9.67. The Morgan fingerprint density at radius 3 is 2.65 bits per heavy atom. The van der Waals surface area contributed by atoms with Gasteiger partial charge in [-0.1, -0.05) is 35.9 Å². The first-order chi connectivity index (χ1) is 9.81. The van der Waals surface area contributed by atoms with Gasteiger partial charge in [-0.15, -0.1) is 0 Å². The fourth-order valence-electron chi connectivity index (χ4n) is 2.34. The maximum absolute atomic E-state index is 6.22. The molecule has 2 aromatic heterocycles. The molecule has 2 heterocycles. The number of fused-ring (bicyclic) bond motifs is 1. The molecule has 1 unspecified atom stereocenters. The number of nitrogens with zero attached hydrogens (tertiary/aromatic N) is 2. The largest absolute Gasteiger partial charge is 0.271 e. The average Bonchev–Trinajstić information content (AvgIpc) is 2.50. The first-order valence-corrected chi connectivity index (χ1v) is 6.57. The van der Waals surface area contributed by atoms with E-state index in [2.05, 4.69) is 15.4 Å². The van der Waals surface area contributed by atoms with E-state index in [1.165, 1.54) is 0 Å². The van der Waals surface area contributed by atoms with Crippen molar-refractivity contribution in [2.45, 2.75) is 6.04 Å². The fourth-order valence-corrected chi connectivity index (χ4v) is 2.57. The lowest BCUT2D eigenvalue weighted by atomic mass is 9.97. The van der Waals surface area contributed by atoms with Crippen LogP contribution in [-0.4, -0.2) is 9.97 Å². The number of benzene rings is 1. The lowest BCUT2D eigenvalue weighted by molar-refractivity contribution is 0.638. The lowest BCUT2D eigenvalue weighted by Gasteiger charge is -2.19. The van der Waals surface area contributed by atoms with Crippen LogP contribution in [0.5, 0.6) is 0 Å². The zero-order valence-corrected chi connectivity index (χ0v) is 11.4. The summed E-state index contributed by atoms with van der Waals surface area (Å²) in [6.07, 6.45) is 6.95. The van der Waals surface area contributed by atoms with Gasteiger partial charge in [0.15, 0.2) is 0 Å². The lowest BCUT2D eigenvalue weighted by Crippen LogP contribution is -2.29. The van der Waals surface area contributed by atoms with Gasteiger partial charge in [0, 0.05) is 35.7 Å². The van der Waals surface area contributed by atoms with Crippen molar-refractivity contribution in [3.8, 4) is 0 Å². The predicted octanol–water partition coefficient (Wildman–Crippen LogP) is 2.84. The first-order valence-electron chi connectivity index (χ1n) is 6.19. The molecule has 0 amide bonds. The minimum Gasteiger partial charge on any atom is -0.271 e. The highest BCUT2D eigenvalue weighted by atomic mass is 35.5. The number of hydrazine groups is 1. The van der Waals surface area contributed by atoms with Crippen molar-refractivity contribution in [3.05, 3.63) is 71.3 Å². The van der Waals surface area contributed by atoms with Gasteiger partial charge in [-0.2, -0.15) is 0 Å². The fraction of sp³-hybridized carbons (Fsp3) is 0.0667. The number of rotatable bonds is 3. The summed E-state index contributed by atoms with van der Waals surface area (Å²) in [5.74, 6) is 5.74. The van der Waals surface area contributed by atoms with Gasteiger partial charge in [-0.05, 0) is 17.0 Å². The molecule has 100 valence electrons. The minimum atomic E-state index is -0.232. The standard InChI is InChI=1S/C15H13ClN4/c16-14-9-18-6-5-12(14)15(20-17)13-8-19-7-10-3-1-2-4-11(10)13/h1-9,15,20H,17H2. The van der Waals surface area contributed by atoms with E-state index >= 15 is 0 Å². The minimum absolute atomic E-state index is 0.232. The number of halogens is 1. The zero-order chi connectivity index (χ0) is 13.9. The van der Waals surface area contributed by atoms with E-state index in [0.29, 0.717) is 5.02 Å². The first kappa shape index (κ1) is 13.0. The molecule has 0 radical (unpaired) electrons. The summed E-state index contributed by atoms with van der Waals surface area (Å²) < 4.78 is 0. The molecule has 0 saturated carbocycles. The van der Waals surface area contributed by atoms with Gasteiger partial charge in [0.2, 0.25) is 0 Å². The molecule has 0 fully saturated rings. The van der Waals surface area contributed by atoms with E-state index in [4.69, 9.17) is 17.4 Å².